The van der Waals surface area contributed by atoms with Gasteiger partial charge >= 0.3 is 0 Å². The van der Waals surface area contributed by atoms with Crippen LogP contribution in [0.3, 0.4) is 0 Å². The molecule has 2 aliphatic rings. The van der Waals surface area contributed by atoms with Crippen molar-refractivity contribution in [2.24, 2.45) is 5.92 Å². The Kier molecular flexibility index (Phi) is 4.46. The van der Waals surface area contributed by atoms with Crippen molar-refractivity contribution in [3.05, 3.63) is 82.9 Å². The van der Waals surface area contributed by atoms with Crippen molar-refractivity contribution in [3.63, 3.8) is 0 Å². The first-order valence-corrected chi connectivity index (χ1v) is 10.5. The Morgan fingerprint density at radius 3 is 2.41 bits per heavy atom. The minimum Gasteiger partial charge on any atom is -0.342 e. The van der Waals surface area contributed by atoms with Crippen molar-refractivity contribution in [3.8, 4) is 0 Å². The van der Waals surface area contributed by atoms with E-state index in [0.717, 1.165) is 37.9 Å². The Balaban J connectivity index is 1.28. The third kappa shape index (κ3) is 3.46. The molecule has 0 bridgehead atoms. The van der Waals surface area contributed by atoms with Gasteiger partial charge in [0.2, 0.25) is 5.91 Å². The van der Waals surface area contributed by atoms with Crippen molar-refractivity contribution in [2.45, 2.75) is 32.1 Å². The van der Waals surface area contributed by atoms with E-state index in [-0.39, 0.29) is 11.7 Å². The zero-order valence-corrected chi connectivity index (χ0v) is 16.7. The second kappa shape index (κ2) is 7.14. The first kappa shape index (κ1) is 18.1. The van der Waals surface area contributed by atoms with Gasteiger partial charge in [0.1, 0.15) is 0 Å². The Morgan fingerprint density at radius 2 is 1.62 bits per heavy atom. The van der Waals surface area contributed by atoms with E-state index in [4.69, 9.17) is 0 Å². The molecule has 146 valence electrons. The van der Waals surface area contributed by atoms with Crippen LogP contribution in [0, 0.1) is 5.92 Å². The van der Waals surface area contributed by atoms with Gasteiger partial charge in [-0.1, -0.05) is 54.6 Å². The molecular weight excluding hydrogens is 358 g/mol. The van der Waals surface area contributed by atoms with Crippen LogP contribution in [0.2, 0.25) is 0 Å². The predicted molar refractivity (Wildman–Crippen MR) is 115 cm³/mol. The monoisotopic (exact) mass is 383 g/mol. The van der Waals surface area contributed by atoms with Gasteiger partial charge in [-0.05, 0) is 65.6 Å². The number of benzene rings is 3. The third-order valence-electron chi connectivity index (χ3n) is 6.54. The molecule has 3 aromatic carbocycles. The first-order valence-electron chi connectivity index (χ1n) is 10.5. The molecule has 1 aliphatic heterocycles. The zero-order valence-electron chi connectivity index (χ0n) is 16.7. The van der Waals surface area contributed by atoms with Gasteiger partial charge in [0, 0.05) is 24.6 Å². The Bertz CT molecular complexity index is 1120. The quantitative estimate of drug-likeness (QED) is 0.611. The molecule has 0 spiro atoms. The molecule has 0 aromatic heterocycles. The molecule has 5 rings (SSSR count). The summed E-state index contributed by atoms with van der Waals surface area (Å²) in [5, 5.41) is 2.49. The fourth-order valence-corrected chi connectivity index (χ4v) is 4.67. The molecule has 1 heterocycles. The van der Waals surface area contributed by atoms with E-state index in [9.17, 15) is 9.59 Å². The molecular formula is C26H25NO2. The Hall–Kier alpha value is -2.94. The molecule has 2 unspecified atom stereocenters. The average molecular weight is 383 g/mol. The SMILES string of the molecule is CC(=O)c1ccc2c(c1)CCN(C(=O)C1CC1c1ccc3ccccc3c1)CC2. The van der Waals surface area contributed by atoms with Crippen LogP contribution in [0.4, 0.5) is 0 Å². The molecule has 1 saturated carbocycles. The molecule has 0 radical (unpaired) electrons. The minimum atomic E-state index is 0.0983. The van der Waals surface area contributed by atoms with Gasteiger partial charge in [0.05, 0.1) is 0 Å². The lowest BCUT2D eigenvalue weighted by Gasteiger charge is -2.20. The number of carbonyl (C=O) groups is 2. The van der Waals surface area contributed by atoms with E-state index in [2.05, 4.69) is 48.5 Å². The zero-order chi connectivity index (χ0) is 20.0. The number of amides is 1. The molecule has 0 N–H and O–H groups in total. The molecule has 3 heteroatoms. The summed E-state index contributed by atoms with van der Waals surface area (Å²) in [6.45, 7) is 3.12. The maximum absolute atomic E-state index is 13.2. The molecule has 0 saturated heterocycles. The second-order valence-electron chi connectivity index (χ2n) is 8.42. The number of rotatable bonds is 3. The summed E-state index contributed by atoms with van der Waals surface area (Å²) in [6, 6.07) is 21.0. The standard InChI is InChI=1S/C26H25NO2/c1-17(28)20-8-6-19-10-12-27(13-11-22(19)14-20)26(29)25-16-24(25)23-9-7-18-4-2-3-5-21(18)15-23/h2-9,14-15,24-25H,10-13,16H2,1H3. The number of ketones is 1. The molecule has 1 aliphatic carbocycles. The first-order chi connectivity index (χ1) is 14.1. The van der Waals surface area contributed by atoms with Crippen LogP contribution in [-0.2, 0) is 17.6 Å². The molecule has 2 atom stereocenters. The number of hydrogen-bond acceptors (Lipinski definition) is 2. The van der Waals surface area contributed by atoms with Crippen molar-refractivity contribution in [1.29, 1.82) is 0 Å². The highest BCUT2D eigenvalue weighted by atomic mass is 16.2. The highest BCUT2D eigenvalue weighted by molar-refractivity contribution is 5.94. The molecule has 3 nitrogen and oxygen atoms in total. The average Bonchev–Trinajstić information content (AvgIpc) is 3.56. The van der Waals surface area contributed by atoms with Crippen LogP contribution in [0.1, 0.15) is 46.3 Å². The third-order valence-corrected chi connectivity index (χ3v) is 6.54. The van der Waals surface area contributed by atoms with Crippen LogP contribution < -0.4 is 0 Å². The minimum absolute atomic E-state index is 0.0983. The van der Waals surface area contributed by atoms with Crippen LogP contribution >= 0.6 is 0 Å². The van der Waals surface area contributed by atoms with Gasteiger partial charge in [-0.25, -0.2) is 0 Å². The molecule has 1 amide bonds. The van der Waals surface area contributed by atoms with Crippen molar-refractivity contribution in [1.82, 2.24) is 4.90 Å². The van der Waals surface area contributed by atoms with Crippen molar-refractivity contribution in [2.75, 3.05) is 13.1 Å². The number of hydrogen-bond donors (Lipinski definition) is 0. The van der Waals surface area contributed by atoms with E-state index in [1.165, 1.54) is 27.5 Å². The van der Waals surface area contributed by atoms with Gasteiger partial charge in [-0.15, -0.1) is 0 Å². The summed E-state index contributed by atoms with van der Waals surface area (Å²) < 4.78 is 0. The normalized spacial score (nSPS) is 20.8. The summed E-state index contributed by atoms with van der Waals surface area (Å²) in [6.07, 6.45) is 2.65. The second-order valence-corrected chi connectivity index (χ2v) is 8.42. The molecule has 29 heavy (non-hydrogen) atoms. The summed E-state index contributed by atoms with van der Waals surface area (Å²) in [4.78, 5) is 26.9. The number of Topliss-reactive ketones (excluding diaryl/α,β-unsaturated/α-hetero) is 1. The fourth-order valence-electron chi connectivity index (χ4n) is 4.67. The fraction of sp³-hybridized carbons (Fsp3) is 0.308. The Morgan fingerprint density at radius 1 is 0.862 bits per heavy atom. The lowest BCUT2D eigenvalue weighted by Crippen LogP contribution is -2.34. The summed E-state index contributed by atoms with van der Waals surface area (Å²) in [5.74, 6) is 0.858. The van der Waals surface area contributed by atoms with E-state index in [0.29, 0.717) is 11.8 Å². The van der Waals surface area contributed by atoms with Crippen LogP contribution in [-0.4, -0.2) is 29.7 Å². The van der Waals surface area contributed by atoms with Gasteiger partial charge in [0.15, 0.2) is 5.78 Å². The smallest absolute Gasteiger partial charge is 0.226 e. The topological polar surface area (TPSA) is 37.4 Å². The van der Waals surface area contributed by atoms with Gasteiger partial charge in [-0.3, -0.25) is 9.59 Å². The lowest BCUT2D eigenvalue weighted by atomic mass is 9.99. The predicted octanol–water partition coefficient (Wildman–Crippen LogP) is 4.77. The van der Waals surface area contributed by atoms with Gasteiger partial charge in [0.25, 0.3) is 0 Å². The van der Waals surface area contributed by atoms with Crippen LogP contribution in [0.15, 0.2) is 60.7 Å². The molecule has 1 fully saturated rings. The van der Waals surface area contributed by atoms with E-state index in [1.54, 1.807) is 6.92 Å². The lowest BCUT2D eigenvalue weighted by molar-refractivity contribution is -0.132. The van der Waals surface area contributed by atoms with E-state index < -0.39 is 0 Å². The van der Waals surface area contributed by atoms with E-state index >= 15 is 0 Å². The summed E-state index contributed by atoms with van der Waals surface area (Å²) in [5.41, 5.74) is 4.54. The summed E-state index contributed by atoms with van der Waals surface area (Å²) in [7, 11) is 0. The summed E-state index contributed by atoms with van der Waals surface area (Å²) >= 11 is 0. The van der Waals surface area contributed by atoms with Gasteiger partial charge in [-0.2, -0.15) is 0 Å². The number of fused-ring (bicyclic) bond motifs is 2. The number of nitrogens with zero attached hydrogens (tertiary/aromatic N) is 1. The van der Waals surface area contributed by atoms with Crippen LogP contribution in [0.25, 0.3) is 10.8 Å². The highest BCUT2D eigenvalue weighted by Crippen LogP contribution is 2.49. The maximum Gasteiger partial charge on any atom is 0.226 e. The van der Waals surface area contributed by atoms with Gasteiger partial charge < -0.3 is 4.90 Å². The van der Waals surface area contributed by atoms with E-state index in [1.807, 2.05) is 17.0 Å². The maximum atomic E-state index is 13.2. The number of carbonyl (C=O) groups excluding carboxylic acids is 2. The van der Waals surface area contributed by atoms with Crippen molar-refractivity contribution >= 4 is 22.5 Å². The highest BCUT2D eigenvalue weighted by Gasteiger charge is 2.45. The Labute approximate surface area is 171 Å². The molecule has 3 aromatic rings. The largest absolute Gasteiger partial charge is 0.342 e. The van der Waals surface area contributed by atoms with Crippen LogP contribution in [0.5, 0.6) is 0 Å². The van der Waals surface area contributed by atoms with Crippen molar-refractivity contribution < 1.29 is 9.59 Å².